The summed E-state index contributed by atoms with van der Waals surface area (Å²) in [6, 6.07) is 8.26. The summed E-state index contributed by atoms with van der Waals surface area (Å²) in [7, 11) is 1.69. The molecule has 15 heavy (non-hydrogen) atoms. The summed E-state index contributed by atoms with van der Waals surface area (Å²) in [5.41, 5.74) is 5.55. The molecule has 0 radical (unpaired) electrons. The Hall–Kier alpha value is -1.50. The summed E-state index contributed by atoms with van der Waals surface area (Å²) in [5.74, 6) is 0.913. The van der Waals surface area contributed by atoms with Crippen LogP contribution in [0.3, 0.4) is 0 Å². The van der Waals surface area contributed by atoms with Crippen LogP contribution in [-0.4, -0.2) is 7.11 Å². The third-order valence-corrected chi connectivity index (χ3v) is 2.80. The molecular formula is C14H16O. The summed E-state index contributed by atoms with van der Waals surface area (Å²) in [6.07, 6.45) is 3.39. The minimum absolute atomic E-state index is 0.913. The molecule has 0 aliphatic heterocycles. The lowest BCUT2D eigenvalue weighted by atomic mass is 10.0. The highest BCUT2D eigenvalue weighted by Gasteiger charge is 2.10. The Balaban J connectivity index is 2.34. The zero-order valence-electron chi connectivity index (χ0n) is 9.50. The van der Waals surface area contributed by atoms with E-state index in [4.69, 9.17) is 4.74 Å². The SMILES string of the molecule is COc1ccc(C2=C(C)CC(C)=C2)cc1. The van der Waals surface area contributed by atoms with Gasteiger partial charge >= 0.3 is 0 Å². The van der Waals surface area contributed by atoms with Gasteiger partial charge in [0.15, 0.2) is 0 Å². The highest BCUT2D eigenvalue weighted by atomic mass is 16.5. The number of ether oxygens (including phenoxy) is 1. The Morgan fingerprint density at radius 3 is 2.20 bits per heavy atom. The summed E-state index contributed by atoms with van der Waals surface area (Å²) < 4.78 is 5.15. The van der Waals surface area contributed by atoms with Crippen LogP contribution in [0.25, 0.3) is 5.57 Å². The lowest BCUT2D eigenvalue weighted by Gasteiger charge is -2.04. The van der Waals surface area contributed by atoms with Gasteiger partial charge in [-0.3, -0.25) is 0 Å². The van der Waals surface area contributed by atoms with Crippen LogP contribution in [-0.2, 0) is 0 Å². The van der Waals surface area contributed by atoms with E-state index in [1.807, 2.05) is 12.1 Å². The molecule has 0 bridgehead atoms. The molecule has 0 amide bonds. The van der Waals surface area contributed by atoms with Crippen LogP contribution < -0.4 is 4.74 Å². The van der Waals surface area contributed by atoms with Gasteiger partial charge in [-0.25, -0.2) is 0 Å². The van der Waals surface area contributed by atoms with E-state index < -0.39 is 0 Å². The van der Waals surface area contributed by atoms with Crippen LogP contribution in [0.1, 0.15) is 25.8 Å². The highest BCUT2D eigenvalue weighted by molar-refractivity contribution is 5.80. The fourth-order valence-electron chi connectivity index (χ4n) is 2.03. The molecule has 0 unspecified atom stereocenters. The van der Waals surface area contributed by atoms with Crippen molar-refractivity contribution in [1.29, 1.82) is 0 Å². The molecule has 0 aromatic heterocycles. The molecule has 0 atom stereocenters. The van der Waals surface area contributed by atoms with Crippen LogP contribution in [0.4, 0.5) is 0 Å². The lowest BCUT2D eigenvalue weighted by molar-refractivity contribution is 0.415. The van der Waals surface area contributed by atoms with Crippen LogP contribution >= 0.6 is 0 Å². The quantitative estimate of drug-likeness (QED) is 0.705. The predicted octanol–water partition coefficient (Wildman–Crippen LogP) is 3.82. The number of hydrogen-bond acceptors (Lipinski definition) is 1. The molecule has 0 spiro atoms. The van der Waals surface area contributed by atoms with E-state index in [9.17, 15) is 0 Å². The average molecular weight is 200 g/mol. The fourth-order valence-corrected chi connectivity index (χ4v) is 2.03. The van der Waals surface area contributed by atoms with Crippen LogP contribution in [0.15, 0.2) is 41.5 Å². The molecule has 1 nitrogen and oxygen atoms in total. The Morgan fingerprint density at radius 1 is 1.07 bits per heavy atom. The molecule has 1 aromatic carbocycles. The van der Waals surface area contributed by atoms with E-state index in [2.05, 4.69) is 32.1 Å². The van der Waals surface area contributed by atoms with Gasteiger partial charge in [-0.1, -0.05) is 29.4 Å². The molecule has 0 N–H and O–H groups in total. The van der Waals surface area contributed by atoms with Crippen molar-refractivity contribution in [2.45, 2.75) is 20.3 Å². The number of methoxy groups -OCH3 is 1. The van der Waals surface area contributed by atoms with Gasteiger partial charge in [0.05, 0.1) is 7.11 Å². The highest BCUT2D eigenvalue weighted by Crippen LogP contribution is 2.32. The van der Waals surface area contributed by atoms with Gasteiger partial charge in [-0.15, -0.1) is 0 Å². The molecule has 0 fully saturated rings. The third kappa shape index (κ3) is 1.96. The van der Waals surface area contributed by atoms with Gasteiger partial charge in [0.2, 0.25) is 0 Å². The van der Waals surface area contributed by atoms with Gasteiger partial charge in [-0.2, -0.15) is 0 Å². The summed E-state index contributed by atoms with van der Waals surface area (Å²) in [4.78, 5) is 0. The molecule has 1 heteroatoms. The van der Waals surface area contributed by atoms with Gasteiger partial charge in [0.1, 0.15) is 5.75 Å². The normalized spacial score (nSPS) is 15.5. The van der Waals surface area contributed by atoms with E-state index in [0.29, 0.717) is 0 Å². The maximum Gasteiger partial charge on any atom is 0.118 e. The van der Waals surface area contributed by atoms with Crippen molar-refractivity contribution in [3.63, 3.8) is 0 Å². The summed E-state index contributed by atoms with van der Waals surface area (Å²) in [6.45, 7) is 4.38. The maximum absolute atomic E-state index is 5.15. The first kappa shape index (κ1) is 10.0. The van der Waals surface area contributed by atoms with Crippen molar-refractivity contribution in [3.8, 4) is 5.75 Å². The van der Waals surface area contributed by atoms with Crippen LogP contribution in [0, 0.1) is 0 Å². The van der Waals surface area contributed by atoms with Crippen LogP contribution in [0.2, 0.25) is 0 Å². The van der Waals surface area contributed by atoms with Crippen molar-refractivity contribution < 1.29 is 4.74 Å². The first-order valence-electron chi connectivity index (χ1n) is 5.22. The van der Waals surface area contributed by atoms with Crippen molar-refractivity contribution in [2.75, 3.05) is 7.11 Å². The van der Waals surface area contributed by atoms with Crippen molar-refractivity contribution in [1.82, 2.24) is 0 Å². The van der Waals surface area contributed by atoms with E-state index in [-0.39, 0.29) is 0 Å². The van der Waals surface area contributed by atoms with Gasteiger partial charge in [0.25, 0.3) is 0 Å². The second-order valence-electron chi connectivity index (χ2n) is 4.09. The molecule has 0 saturated carbocycles. The molecule has 2 rings (SSSR count). The second-order valence-corrected chi connectivity index (χ2v) is 4.09. The number of rotatable bonds is 2. The van der Waals surface area contributed by atoms with Crippen molar-refractivity contribution in [2.24, 2.45) is 0 Å². The van der Waals surface area contributed by atoms with E-state index in [1.54, 1.807) is 7.11 Å². The van der Waals surface area contributed by atoms with Gasteiger partial charge < -0.3 is 4.74 Å². The minimum atomic E-state index is 0.913. The van der Waals surface area contributed by atoms with Gasteiger partial charge in [-0.05, 0) is 43.5 Å². The first-order chi connectivity index (χ1) is 7.20. The molecular weight excluding hydrogens is 184 g/mol. The zero-order valence-corrected chi connectivity index (χ0v) is 9.50. The monoisotopic (exact) mass is 200 g/mol. The smallest absolute Gasteiger partial charge is 0.118 e. The molecule has 0 heterocycles. The summed E-state index contributed by atoms with van der Waals surface area (Å²) in [5, 5.41) is 0. The Morgan fingerprint density at radius 2 is 1.73 bits per heavy atom. The molecule has 1 aliphatic rings. The average Bonchev–Trinajstić information content (AvgIpc) is 2.58. The summed E-state index contributed by atoms with van der Waals surface area (Å²) >= 11 is 0. The zero-order chi connectivity index (χ0) is 10.8. The molecule has 0 saturated heterocycles. The largest absolute Gasteiger partial charge is 0.497 e. The Labute approximate surface area is 91.1 Å². The fraction of sp³-hybridized carbons (Fsp3) is 0.286. The number of hydrogen-bond donors (Lipinski definition) is 0. The molecule has 78 valence electrons. The maximum atomic E-state index is 5.15. The Kier molecular flexibility index (Phi) is 2.63. The van der Waals surface area contributed by atoms with Gasteiger partial charge in [0, 0.05) is 0 Å². The minimum Gasteiger partial charge on any atom is -0.497 e. The number of allylic oxidation sites excluding steroid dienone is 4. The number of benzene rings is 1. The third-order valence-electron chi connectivity index (χ3n) is 2.80. The second kappa shape index (κ2) is 3.93. The van der Waals surface area contributed by atoms with E-state index in [1.165, 1.54) is 22.3 Å². The Bertz CT molecular complexity index is 421. The van der Waals surface area contributed by atoms with E-state index >= 15 is 0 Å². The lowest BCUT2D eigenvalue weighted by Crippen LogP contribution is -1.85. The topological polar surface area (TPSA) is 9.23 Å². The molecule has 1 aliphatic carbocycles. The molecule has 1 aromatic rings. The standard InChI is InChI=1S/C14H16O/c1-10-8-11(2)14(9-10)12-4-6-13(15-3)7-5-12/h4-7,9H,8H2,1-3H3. The van der Waals surface area contributed by atoms with Crippen molar-refractivity contribution >= 4 is 5.57 Å². The van der Waals surface area contributed by atoms with E-state index in [0.717, 1.165) is 12.2 Å². The van der Waals surface area contributed by atoms with Crippen molar-refractivity contribution in [3.05, 3.63) is 47.1 Å². The first-order valence-corrected chi connectivity index (χ1v) is 5.22. The van der Waals surface area contributed by atoms with Crippen LogP contribution in [0.5, 0.6) is 5.75 Å². The predicted molar refractivity (Wildman–Crippen MR) is 64.0 cm³/mol.